The van der Waals surface area contributed by atoms with Gasteiger partial charge < -0.3 is 0 Å². The number of amides is 1. The Bertz CT molecular complexity index is 1130. The number of nitro groups is 1. The average molecular weight is 466 g/mol. The van der Waals surface area contributed by atoms with E-state index in [4.69, 9.17) is 34.8 Å². The van der Waals surface area contributed by atoms with Crippen LogP contribution >= 0.6 is 34.8 Å². The molecule has 0 spiro atoms. The van der Waals surface area contributed by atoms with Gasteiger partial charge in [-0.3, -0.25) is 24.6 Å². The van der Waals surface area contributed by atoms with Crippen LogP contribution in [0.2, 0.25) is 15.1 Å². The first kappa shape index (κ1) is 20.8. The quantitative estimate of drug-likeness (QED) is 0.406. The second-order valence-electron chi connectivity index (χ2n) is 7.19. The molecule has 4 rings (SSSR count). The predicted molar refractivity (Wildman–Crippen MR) is 115 cm³/mol. The number of benzene rings is 2. The van der Waals surface area contributed by atoms with E-state index in [9.17, 15) is 19.7 Å². The molecule has 0 bridgehead atoms. The van der Waals surface area contributed by atoms with Crippen molar-refractivity contribution < 1.29 is 14.5 Å². The van der Waals surface area contributed by atoms with Crippen molar-refractivity contribution in [1.29, 1.82) is 0 Å². The predicted octanol–water partition coefficient (Wildman–Crippen LogP) is 6.08. The van der Waals surface area contributed by atoms with E-state index >= 15 is 0 Å². The van der Waals surface area contributed by atoms with Gasteiger partial charge in [0.25, 0.3) is 5.69 Å². The second kappa shape index (κ2) is 8.02. The third kappa shape index (κ3) is 3.60. The van der Waals surface area contributed by atoms with Crippen molar-refractivity contribution in [3.63, 3.8) is 0 Å². The maximum absolute atomic E-state index is 13.2. The highest BCUT2D eigenvalue weighted by Crippen LogP contribution is 2.46. The molecule has 2 aromatic carbocycles. The number of hydrogen-bond acceptors (Lipinski definition) is 4. The Balaban J connectivity index is 1.92. The topological polar surface area (TPSA) is 80.5 Å². The van der Waals surface area contributed by atoms with Gasteiger partial charge in [0.15, 0.2) is 5.78 Å². The third-order valence-electron chi connectivity index (χ3n) is 5.40. The number of carbonyl (C=O) groups is 2. The first-order valence-electron chi connectivity index (χ1n) is 9.26. The maximum atomic E-state index is 13.2. The van der Waals surface area contributed by atoms with E-state index < -0.39 is 10.8 Å². The summed E-state index contributed by atoms with van der Waals surface area (Å²) in [4.78, 5) is 38.5. The Morgan fingerprint density at radius 3 is 2.47 bits per heavy atom. The molecule has 1 amide bonds. The number of nitro benzene ring substituents is 1. The summed E-state index contributed by atoms with van der Waals surface area (Å²) in [6.45, 7) is 0. The summed E-state index contributed by atoms with van der Waals surface area (Å²) in [7, 11) is 0. The van der Waals surface area contributed by atoms with Crippen LogP contribution in [0, 0.1) is 10.1 Å². The Labute approximate surface area is 187 Å². The van der Waals surface area contributed by atoms with Crippen LogP contribution in [0.3, 0.4) is 0 Å². The monoisotopic (exact) mass is 464 g/mol. The number of hydrogen-bond donors (Lipinski definition) is 0. The fraction of sp³-hybridized carbons (Fsp3) is 0.238. The van der Waals surface area contributed by atoms with Crippen molar-refractivity contribution in [3.05, 3.63) is 78.4 Å². The first-order chi connectivity index (χ1) is 14.3. The van der Waals surface area contributed by atoms with Gasteiger partial charge in [-0.05, 0) is 42.7 Å². The number of Topliss-reactive ketones (excluding diaryl/α,β-unsaturated/α-hetero) is 1. The molecule has 9 heteroatoms. The Kier molecular flexibility index (Phi) is 5.57. The standard InChI is InChI=1S/C21H15Cl3N2O4/c22-12-5-7-16(26(29)30)18(9-12)25-17-2-1-3-19(27)21(17)13(10-20(25)28)11-4-6-14(23)15(24)8-11/h4-9,13H,1-3,10H2. The van der Waals surface area contributed by atoms with Crippen LogP contribution in [-0.2, 0) is 9.59 Å². The fourth-order valence-electron chi connectivity index (χ4n) is 4.12. The maximum Gasteiger partial charge on any atom is 0.293 e. The van der Waals surface area contributed by atoms with Crippen LogP contribution in [0.5, 0.6) is 0 Å². The zero-order valence-electron chi connectivity index (χ0n) is 15.5. The number of nitrogens with zero attached hydrogens (tertiary/aromatic N) is 2. The highest BCUT2D eigenvalue weighted by atomic mass is 35.5. The molecule has 30 heavy (non-hydrogen) atoms. The van der Waals surface area contributed by atoms with Gasteiger partial charge in [0, 0.05) is 41.1 Å². The lowest BCUT2D eigenvalue weighted by Crippen LogP contribution is -2.40. The molecule has 0 fully saturated rings. The molecule has 0 saturated heterocycles. The van der Waals surface area contributed by atoms with Crippen molar-refractivity contribution in [1.82, 2.24) is 0 Å². The first-order valence-corrected chi connectivity index (χ1v) is 10.4. The molecule has 6 nitrogen and oxygen atoms in total. The van der Waals surface area contributed by atoms with Crippen LogP contribution in [0.25, 0.3) is 0 Å². The molecule has 0 aromatic heterocycles. The van der Waals surface area contributed by atoms with Gasteiger partial charge in [-0.2, -0.15) is 0 Å². The smallest absolute Gasteiger partial charge is 0.293 e. The molecule has 0 radical (unpaired) electrons. The fourth-order valence-corrected chi connectivity index (χ4v) is 4.59. The normalized spacial score (nSPS) is 19.2. The van der Waals surface area contributed by atoms with Gasteiger partial charge in [-0.15, -0.1) is 0 Å². The molecule has 1 unspecified atom stereocenters. The minimum Gasteiger partial charge on any atom is -0.294 e. The van der Waals surface area contributed by atoms with E-state index in [0.717, 1.165) is 0 Å². The molecule has 1 aliphatic heterocycles. The Hall–Kier alpha value is -2.41. The van der Waals surface area contributed by atoms with Crippen LogP contribution in [-0.4, -0.2) is 16.6 Å². The highest BCUT2D eigenvalue weighted by molar-refractivity contribution is 6.42. The van der Waals surface area contributed by atoms with Crippen molar-refractivity contribution >= 4 is 57.9 Å². The van der Waals surface area contributed by atoms with Crippen molar-refractivity contribution in [3.8, 4) is 0 Å². The molecule has 0 saturated carbocycles. The van der Waals surface area contributed by atoms with Crippen LogP contribution in [0.15, 0.2) is 47.7 Å². The molecule has 2 aliphatic rings. The summed E-state index contributed by atoms with van der Waals surface area (Å²) in [5.74, 6) is -0.899. The molecule has 1 heterocycles. The Morgan fingerprint density at radius 1 is 1.00 bits per heavy atom. The van der Waals surface area contributed by atoms with E-state index in [-0.39, 0.29) is 34.5 Å². The highest BCUT2D eigenvalue weighted by Gasteiger charge is 2.41. The zero-order chi connectivity index (χ0) is 21.6. The van der Waals surface area contributed by atoms with Gasteiger partial charge in [-0.1, -0.05) is 40.9 Å². The average Bonchev–Trinajstić information content (AvgIpc) is 2.69. The van der Waals surface area contributed by atoms with Gasteiger partial charge in [0.1, 0.15) is 5.69 Å². The van der Waals surface area contributed by atoms with Gasteiger partial charge in [0.05, 0.1) is 15.0 Å². The molecular weight excluding hydrogens is 451 g/mol. The van der Waals surface area contributed by atoms with E-state index in [1.54, 1.807) is 18.2 Å². The molecule has 154 valence electrons. The summed E-state index contributed by atoms with van der Waals surface area (Å²) in [5.41, 5.74) is 1.52. The van der Waals surface area contributed by atoms with Gasteiger partial charge >= 0.3 is 0 Å². The summed E-state index contributed by atoms with van der Waals surface area (Å²) in [5, 5.41) is 12.6. The second-order valence-corrected chi connectivity index (χ2v) is 8.44. The number of allylic oxidation sites excluding steroid dienone is 2. The van der Waals surface area contributed by atoms with Crippen molar-refractivity contribution in [2.75, 3.05) is 4.90 Å². The molecule has 0 N–H and O–H groups in total. The largest absolute Gasteiger partial charge is 0.294 e. The van der Waals surface area contributed by atoms with Crippen molar-refractivity contribution in [2.24, 2.45) is 0 Å². The lowest BCUT2D eigenvalue weighted by molar-refractivity contribution is -0.384. The van der Waals surface area contributed by atoms with Crippen LogP contribution < -0.4 is 4.90 Å². The zero-order valence-corrected chi connectivity index (χ0v) is 17.8. The number of rotatable bonds is 3. The van der Waals surface area contributed by atoms with E-state index in [1.807, 2.05) is 0 Å². The number of halogens is 3. The van der Waals surface area contributed by atoms with Crippen molar-refractivity contribution in [2.45, 2.75) is 31.6 Å². The van der Waals surface area contributed by atoms with Crippen LogP contribution in [0.4, 0.5) is 11.4 Å². The number of carbonyl (C=O) groups excluding carboxylic acids is 2. The molecule has 1 aliphatic carbocycles. The number of anilines is 1. The van der Waals surface area contributed by atoms with E-state index in [0.29, 0.717) is 46.1 Å². The minimum absolute atomic E-state index is 0.0216. The Morgan fingerprint density at radius 2 is 1.77 bits per heavy atom. The summed E-state index contributed by atoms with van der Waals surface area (Å²) in [6, 6.07) is 9.09. The van der Waals surface area contributed by atoms with Crippen LogP contribution in [0.1, 0.15) is 37.2 Å². The third-order valence-corrected chi connectivity index (χ3v) is 6.37. The summed E-state index contributed by atoms with van der Waals surface area (Å²) < 4.78 is 0. The SMILES string of the molecule is O=C1CCCC2=C1C(c1ccc(Cl)c(Cl)c1)CC(=O)N2c1cc(Cl)ccc1[N+](=O)[O-]. The van der Waals surface area contributed by atoms with E-state index in [2.05, 4.69) is 0 Å². The number of ketones is 1. The minimum atomic E-state index is -0.561. The summed E-state index contributed by atoms with van der Waals surface area (Å²) in [6.07, 6.45) is 1.35. The molecule has 1 atom stereocenters. The van der Waals surface area contributed by atoms with E-state index in [1.165, 1.54) is 23.1 Å². The molecular formula is C21H15Cl3N2O4. The van der Waals surface area contributed by atoms with Gasteiger partial charge in [0.2, 0.25) is 5.91 Å². The summed E-state index contributed by atoms with van der Waals surface area (Å²) >= 11 is 18.3. The lowest BCUT2D eigenvalue weighted by Gasteiger charge is -2.38. The van der Waals surface area contributed by atoms with Gasteiger partial charge in [-0.25, -0.2) is 0 Å². The molecule has 2 aromatic rings. The lowest BCUT2D eigenvalue weighted by atomic mass is 9.77.